The number of hydrogen-bond donors (Lipinski definition) is 2. The lowest BCUT2D eigenvalue weighted by molar-refractivity contribution is -0.113. The number of rotatable bonds is 3. The van der Waals surface area contributed by atoms with Crippen LogP contribution in [0.15, 0.2) is 18.2 Å². The number of halogens is 2. The van der Waals surface area contributed by atoms with Crippen LogP contribution in [-0.4, -0.2) is 22.3 Å². The van der Waals surface area contributed by atoms with E-state index in [-0.39, 0.29) is 22.5 Å². The molecule has 0 heterocycles. The van der Waals surface area contributed by atoms with Gasteiger partial charge in [0.2, 0.25) is 5.91 Å². The number of nitrogens with one attached hydrogen (secondary N) is 1. The van der Waals surface area contributed by atoms with E-state index in [1.165, 1.54) is 18.2 Å². The van der Waals surface area contributed by atoms with Gasteiger partial charge in [-0.3, -0.25) is 4.79 Å². The van der Waals surface area contributed by atoms with Crippen molar-refractivity contribution in [1.82, 2.24) is 0 Å². The smallest absolute Gasteiger partial charge is 0.337 e. The summed E-state index contributed by atoms with van der Waals surface area (Å²) >= 11 is 8.65. The fourth-order valence-electron chi connectivity index (χ4n) is 0.990. The molecular weight excluding hydrogens is 285 g/mol. The van der Waals surface area contributed by atoms with Crippen LogP contribution in [-0.2, 0) is 4.79 Å². The molecule has 0 aliphatic heterocycles. The molecule has 2 N–H and O–H groups in total. The van der Waals surface area contributed by atoms with E-state index in [0.717, 1.165) is 0 Å². The lowest BCUT2D eigenvalue weighted by Crippen LogP contribution is -2.15. The molecule has 0 aromatic heterocycles. The van der Waals surface area contributed by atoms with Crippen molar-refractivity contribution in [3.05, 3.63) is 28.8 Å². The van der Waals surface area contributed by atoms with Gasteiger partial charge in [0.15, 0.2) is 0 Å². The maximum absolute atomic E-state index is 11.1. The van der Waals surface area contributed by atoms with Crippen LogP contribution in [0.3, 0.4) is 0 Å². The molecule has 4 nitrogen and oxygen atoms in total. The molecule has 0 aliphatic carbocycles. The fourth-order valence-corrected chi connectivity index (χ4v) is 1.30. The van der Waals surface area contributed by atoms with Gasteiger partial charge in [0.1, 0.15) is 0 Å². The summed E-state index contributed by atoms with van der Waals surface area (Å²) in [6, 6.07) is 4.19. The predicted octanol–water partition coefficient (Wildman–Crippen LogP) is 2.37. The topological polar surface area (TPSA) is 66.4 Å². The summed E-state index contributed by atoms with van der Waals surface area (Å²) in [5.74, 6) is -1.45. The number of hydrogen-bond acceptors (Lipinski definition) is 2. The van der Waals surface area contributed by atoms with E-state index in [1.54, 1.807) is 0 Å². The first-order valence-electron chi connectivity index (χ1n) is 3.93. The second kappa shape index (κ2) is 5.14. The highest BCUT2D eigenvalue weighted by Crippen LogP contribution is 2.21. The SMILES string of the molecule is O=C(CBr)Nc1cc(Cl)ccc1C(=O)O. The maximum Gasteiger partial charge on any atom is 0.337 e. The van der Waals surface area contributed by atoms with Crippen molar-refractivity contribution in [2.45, 2.75) is 0 Å². The van der Waals surface area contributed by atoms with Crippen LogP contribution in [0, 0.1) is 0 Å². The van der Waals surface area contributed by atoms with Crippen molar-refractivity contribution in [3.63, 3.8) is 0 Å². The first-order chi connectivity index (χ1) is 7.04. The molecule has 0 saturated carbocycles. The monoisotopic (exact) mass is 291 g/mol. The number of anilines is 1. The molecule has 1 aromatic carbocycles. The highest BCUT2D eigenvalue weighted by Gasteiger charge is 2.12. The Bertz CT molecular complexity index is 408. The average Bonchev–Trinajstić information content (AvgIpc) is 2.17. The van der Waals surface area contributed by atoms with Crippen molar-refractivity contribution in [2.75, 3.05) is 10.6 Å². The van der Waals surface area contributed by atoms with Crippen molar-refractivity contribution in [1.29, 1.82) is 0 Å². The van der Waals surface area contributed by atoms with E-state index in [0.29, 0.717) is 5.02 Å². The Labute approximate surface area is 99.4 Å². The highest BCUT2D eigenvalue weighted by molar-refractivity contribution is 9.09. The largest absolute Gasteiger partial charge is 0.478 e. The molecule has 0 atom stereocenters. The van der Waals surface area contributed by atoms with Gasteiger partial charge in [-0.15, -0.1) is 0 Å². The summed E-state index contributed by atoms with van der Waals surface area (Å²) in [4.78, 5) is 21.9. The van der Waals surface area contributed by atoms with Gasteiger partial charge in [-0.1, -0.05) is 27.5 Å². The molecule has 1 aromatic rings. The van der Waals surface area contributed by atoms with E-state index in [2.05, 4.69) is 21.2 Å². The molecule has 80 valence electrons. The molecule has 0 radical (unpaired) electrons. The number of amides is 1. The van der Waals surface area contributed by atoms with Crippen LogP contribution in [0.5, 0.6) is 0 Å². The van der Waals surface area contributed by atoms with E-state index in [9.17, 15) is 9.59 Å². The first kappa shape index (κ1) is 12.0. The number of carbonyl (C=O) groups excluding carboxylic acids is 1. The van der Waals surface area contributed by atoms with Crippen LogP contribution < -0.4 is 5.32 Å². The Balaban J connectivity index is 3.07. The van der Waals surface area contributed by atoms with Crippen LogP contribution in [0.4, 0.5) is 5.69 Å². The molecule has 0 fully saturated rings. The summed E-state index contributed by atoms with van der Waals surface area (Å²) in [6.45, 7) is 0. The van der Waals surface area contributed by atoms with Crippen molar-refractivity contribution in [2.24, 2.45) is 0 Å². The third-order valence-corrected chi connectivity index (χ3v) is 2.35. The summed E-state index contributed by atoms with van der Waals surface area (Å²) < 4.78 is 0. The molecule has 0 saturated heterocycles. The third-order valence-electron chi connectivity index (χ3n) is 1.61. The molecule has 0 aliphatic rings. The van der Waals surface area contributed by atoms with Crippen LogP contribution >= 0.6 is 27.5 Å². The Morgan fingerprint density at radius 1 is 1.47 bits per heavy atom. The van der Waals surface area contributed by atoms with Gasteiger partial charge in [0.25, 0.3) is 0 Å². The normalized spacial score (nSPS) is 9.73. The zero-order valence-corrected chi connectivity index (χ0v) is 9.80. The Hall–Kier alpha value is -1.07. The standard InChI is InChI=1S/C9H7BrClNO3/c10-4-8(13)12-7-3-5(11)1-2-6(7)9(14)15/h1-3H,4H2,(H,12,13)(H,14,15). The zero-order chi connectivity index (χ0) is 11.4. The third kappa shape index (κ3) is 3.21. The Kier molecular flexibility index (Phi) is 4.11. The van der Waals surface area contributed by atoms with Crippen LogP contribution in [0.25, 0.3) is 0 Å². The number of carboxylic acids is 1. The zero-order valence-electron chi connectivity index (χ0n) is 7.46. The molecule has 0 unspecified atom stereocenters. The predicted molar refractivity (Wildman–Crippen MR) is 60.8 cm³/mol. The minimum Gasteiger partial charge on any atom is -0.478 e. The van der Waals surface area contributed by atoms with Crippen molar-refractivity contribution < 1.29 is 14.7 Å². The molecule has 15 heavy (non-hydrogen) atoms. The molecular formula is C9H7BrClNO3. The highest BCUT2D eigenvalue weighted by atomic mass is 79.9. The summed E-state index contributed by atoms with van der Waals surface area (Å²) in [7, 11) is 0. The van der Waals surface area contributed by atoms with Gasteiger partial charge in [-0.25, -0.2) is 4.79 Å². The van der Waals surface area contributed by atoms with Crippen LogP contribution in [0.2, 0.25) is 5.02 Å². The van der Waals surface area contributed by atoms with E-state index in [4.69, 9.17) is 16.7 Å². The average molecular weight is 293 g/mol. The van der Waals surface area contributed by atoms with E-state index < -0.39 is 5.97 Å². The Morgan fingerprint density at radius 3 is 2.67 bits per heavy atom. The molecule has 0 spiro atoms. The minimum absolute atomic E-state index is 0.00806. The number of alkyl halides is 1. The first-order valence-corrected chi connectivity index (χ1v) is 5.43. The summed E-state index contributed by atoms with van der Waals surface area (Å²) in [6.07, 6.45) is 0. The van der Waals surface area contributed by atoms with Gasteiger partial charge in [0, 0.05) is 5.02 Å². The number of benzene rings is 1. The van der Waals surface area contributed by atoms with Gasteiger partial charge in [0.05, 0.1) is 16.6 Å². The molecule has 1 amide bonds. The Morgan fingerprint density at radius 2 is 2.13 bits per heavy atom. The van der Waals surface area contributed by atoms with Gasteiger partial charge in [-0.05, 0) is 18.2 Å². The summed E-state index contributed by atoms with van der Waals surface area (Å²) in [5, 5.41) is 11.7. The molecule has 6 heteroatoms. The van der Waals surface area contributed by atoms with Crippen molar-refractivity contribution >= 4 is 45.1 Å². The lowest BCUT2D eigenvalue weighted by atomic mass is 10.2. The molecule has 1 rings (SSSR count). The minimum atomic E-state index is -1.11. The number of carbonyl (C=O) groups is 2. The van der Waals surface area contributed by atoms with Crippen LogP contribution in [0.1, 0.15) is 10.4 Å². The number of aromatic carboxylic acids is 1. The fraction of sp³-hybridized carbons (Fsp3) is 0.111. The van der Waals surface area contributed by atoms with E-state index >= 15 is 0 Å². The van der Waals surface area contributed by atoms with Gasteiger partial charge < -0.3 is 10.4 Å². The van der Waals surface area contributed by atoms with Gasteiger partial charge >= 0.3 is 5.97 Å². The second-order valence-corrected chi connectivity index (χ2v) is 3.67. The van der Waals surface area contributed by atoms with Crippen molar-refractivity contribution in [3.8, 4) is 0 Å². The lowest BCUT2D eigenvalue weighted by Gasteiger charge is -2.07. The number of carboxylic acid groups (broad SMARTS) is 1. The van der Waals surface area contributed by atoms with E-state index in [1.807, 2.05) is 0 Å². The summed E-state index contributed by atoms with van der Waals surface area (Å²) in [5.41, 5.74) is 0.202. The second-order valence-electron chi connectivity index (χ2n) is 2.68. The molecule has 0 bridgehead atoms. The van der Waals surface area contributed by atoms with Gasteiger partial charge in [-0.2, -0.15) is 0 Å². The quantitative estimate of drug-likeness (QED) is 0.841. The maximum atomic E-state index is 11.1.